The number of nitrogens with one attached hydrogen (secondary N) is 1. The third kappa shape index (κ3) is 6.15. The molecule has 1 aliphatic heterocycles. The molecule has 0 unspecified atom stereocenters. The Morgan fingerprint density at radius 2 is 1.86 bits per heavy atom. The van der Waals surface area contributed by atoms with E-state index in [0.29, 0.717) is 12.2 Å². The van der Waals surface area contributed by atoms with Crippen molar-refractivity contribution < 1.29 is 4.39 Å². The Morgan fingerprint density at radius 1 is 1.17 bits per heavy atom. The average molecular weight is 513 g/mol. The van der Waals surface area contributed by atoms with Crippen molar-refractivity contribution in [3.8, 4) is 0 Å². The van der Waals surface area contributed by atoms with Gasteiger partial charge in [-0.1, -0.05) is 6.07 Å². The molecule has 0 bridgehead atoms. The monoisotopic (exact) mass is 513 g/mol. The molecule has 0 amide bonds. The quantitative estimate of drug-likeness (QED) is 0.377. The van der Waals surface area contributed by atoms with Crippen LogP contribution in [0.2, 0.25) is 0 Å². The summed E-state index contributed by atoms with van der Waals surface area (Å²) < 4.78 is 14.2. The van der Waals surface area contributed by atoms with Crippen molar-refractivity contribution in [3.05, 3.63) is 48.0 Å². The van der Waals surface area contributed by atoms with Gasteiger partial charge in [0.05, 0.1) is 12.2 Å². The minimum Gasteiger partial charge on any atom is -0.375 e. The standard InChI is InChI=1S/C20H28FN7.HI/c1-4-22-19(25-15-16-6-7-18(26(2)3)17(21)14-16)27-10-12-28(13-11-27)20-23-8-5-9-24-20;/h5-9,14H,4,10-13,15H2,1-3H3,(H,22,25);1H. The minimum atomic E-state index is -0.223. The number of guanidine groups is 1. The first-order valence-electron chi connectivity index (χ1n) is 9.59. The molecule has 0 aliphatic carbocycles. The van der Waals surface area contributed by atoms with E-state index in [1.807, 2.05) is 26.2 Å². The van der Waals surface area contributed by atoms with E-state index in [4.69, 9.17) is 4.99 Å². The predicted molar refractivity (Wildman–Crippen MR) is 127 cm³/mol. The van der Waals surface area contributed by atoms with Crippen molar-refractivity contribution in [2.75, 3.05) is 56.6 Å². The molecule has 0 saturated carbocycles. The van der Waals surface area contributed by atoms with Gasteiger partial charge in [0, 0.05) is 59.2 Å². The number of nitrogens with zero attached hydrogens (tertiary/aromatic N) is 6. The zero-order chi connectivity index (χ0) is 19.9. The maximum Gasteiger partial charge on any atom is 0.225 e. The minimum absolute atomic E-state index is 0. The Kier molecular flexibility index (Phi) is 8.87. The summed E-state index contributed by atoms with van der Waals surface area (Å²) in [6, 6.07) is 7.11. The lowest BCUT2D eigenvalue weighted by Gasteiger charge is -2.36. The molecule has 1 aromatic heterocycles. The lowest BCUT2D eigenvalue weighted by atomic mass is 10.2. The summed E-state index contributed by atoms with van der Waals surface area (Å²) in [5, 5.41) is 3.35. The first-order chi connectivity index (χ1) is 13.6. The molecule has 9 heteroatoms. The van der Waals surface area contributed by atoms with Gasteiger partial charge >= 0.3 is 0 Å². The third-order valence-electron chi connectivity index (χ3n) is 4.65. The summed E-state index contributed by atoms with van der Waals surface area (Å²) in [4.78, 5) is 19.5. The first-order valence-corrected chi connectivity index (χ1v) is 9.59. The average Bonchev–Trinajstić information content (AvgIpc) is 2.72. The highest BCUT2D eigenvalue weighted by Crippen LogP contribution is 2.19. The fourth-order valence-corrected chi connectivity index (χ4v) is 3.18. The number of hydrogen-bond donors (Lipinski definition) is 1. The molecular weight excluding hydrogens is 484 g/mol. The van der Waals surface area contributed by atoms with E-state index in [1.54, 1.807) is 29.4 Å². The number of halogens is 2. The number of hydrogen-bond acceptors (Lipinski definition) is 5. The molecule has 0 radical (unpaired) electrons. The zero-order valence-corrected chi connectivity index (χ0v) is 19.5. The van der Waals surface area contributed by atoms with Crippen LogP contribution in [0, 0.1) is 5.82 Å². The fraction of sp³-hybridized carbons (Fsp3) is 0.450. The number of anilines is 2. The van der Waals surface area contributed by atoms with E-state index in [2.05, 4.69) is 32.0 Å². The topological polar surface area (TPSA) is 59.9 Å². The van der Waals surface area contributed by atoms with Crippen LogP contribution in [-0.4, -0.2) is 67.6 Å². The smallest absolute Gasteiger partial charge is 0.225 e. The normalized spacial score (nSPS) is 14.4. The number of rotatable bonds is 5. The predicted octanol–water partition coefficient (Wildman–Crippen LogP) is 2.59. The van der Waals surface area contributed by atoms with Gasteiger partial charge in [-0.2, -0.15) is 0 Å². The van der Waals surface area contributed by atoms with E-state index >= 15 is 0 Å². The van der Waals surface area contributed by atoms with Crippen molar-refractivity contribution in [1.29, 1.82) is 0 Å². The van der Waals surface area contributed by atoms with Gasteiger partial charge < -0.3 is 20.0 Å². The molecule has 1 fully saturated rings. The summed E-state index contributed by atoms with van der Waals surface area (Å²) in [6.07, 6.45) is 3.53. The largest absolute Gasteiger partial charge is 0.375 e. The third-order valence-corrected chi connectivity index (χ3v) is 4.65. The first kappa shape index (κ1) is 23.1. The molecule has 1 aromatic carbocycles. The van der Waals surface area contributed by atoms with Gasteiger partial charge in [-0.15, -0.1) is 24.0 Å². The van der Waals surface area contributed by atoms with Gasteiger partial charge in [-0.05, 0) is 30.7 Å². The Morgan fingerprint density at radius 3 is 2.45 bits per heavy atom. The van der Waals surface area contributed by atoms with Crippen LogP contribution in [0.15, 0.2) is 41.7 Å². The Balaban J connectivity index is 0.00000300. The van der Waals surface area contributed by atoms with Crippen molar-refractivity contribution in [2.24, 2.45) is 4.99 Å². The Bertz CT molecular complexity index is 793. The molecule has 1 aliphatic rings. The maximum atomic E-state index is 14.2. The van der Waals surface area contributed by atoms with Crippen molar-refractivity contribution in [1.82, 2.24) is 20.2 Å². The van der Waals surface area contributed by atoms with Crippen LogP contribution in [-0.2, 0) is 6.54 Å². The molecule has 0 atom stereocenters. The summed E-state index contributed by atoms with van der Waals surface area (Å²) in [6.45, 7) is 6.61. The highest BCUT2D eigenvalue weighted by atomic mass is 127. The van der Waals surface area contributed by atoms with Crippen LogP contribution in [0.25, 0.3) is 0 Å². The van der Waals surface area contributed by atoms with Crippen LogP contribution < -0.4 is 15.1 Å². The molecular formula is C20H29FIN7. The molecule has 1 saturated heterocycles. The maximum absolute atomic E-state index is 14.2. The van der Waals surface area contributed by atoms with Crippen molar-refractivity contribution in [3.63, 3.8) is 0 Å². The Labute approximate surface area is 189 Å². The van der Waals surface area contributed by atoms with Crippen molar-refractivity contribution in [2.45, 2.75) is 13.5 Å². The van der Waals surface area contributed by atoms with Gasteiger partial charge in [0.15, 0.2) is 5.96 Å². The van der Waals surface area contributed by atoms with Crippen LogP contribution >= 0.6 is 24.0 Å². The van der Waals surface area contributed by atoms with Crippen LogP contribution in [0.3, 0.4) is 0 Å². The summed E-state index contributed by atoms with van der Waals surface area (Å²) in [7, 11) is 3.67. The van der Waals surface area contributed by atoms with Gasteiger partial charge in [0.25, 0.3) is 0 Å². The van der Waals surface area contributed by atoms with Crippen LogP contribution in [0.4, 0.5) is 16.0 Å². The number of piperazine rings is 1. The highest BCUT2D eigenvalue weighted by Gasteiger charge is 2.21. The molecule has 7 nitrogen and oxygen atoms in total. The summed E-state index contributed by atoms with van der Waals surface area (Å²) in [5.74, 6) is 1.40. The van der Waals surface area contributed by atoms with Gasteiger partial charge in [0.1, 0.15) is 5.82 Å². The lowest BCUT2D eigenvalue weighted by molar-refractivity contribution is 0.370. The molecule has 0 spiro atoms. The lowest BCUT2D eigenvalue weighted by Crippen LogP contribution is -2.52. The Hall–Kier alpha value is -2.17. The van der Waals surface area contributed by atoms with E-state index < -0.39 is 0 Å². The SMILES string of the molecule is CCNC(=NCc1ccc(N(C)C)c(F)c1)N1CCN(c2ncccn2)CC1.I. The number of aliphatic imine (C=N–C) groups is 1. The number of benzene rings is 1. The van der Waals surface area contributed by atoms with Gasteiger partial charge in [0.2, 0.25) is 5.95 Å². The fourth-order valence-electron chi connectivity index (χ4n) is 3.18. The second-order valence-corrected chi connectivity index (χ2v) is 6.87. The highest BCUT2D eigenvalue weighted by molar-refractivity contribution is 14.0. The van der Waals surface area contributed by atoms with Crippen LogP contribution in [0.5, 0.6) is 0 Å². The van der Waals surface area contributed by atoms with E-state index in [0.717, 1.165) is 50.2 Å². The van der Waals surface area contributed by atoms with Crippen LogP contribution in [0.1, 0.15) is 12.5 Å². The zero-order valence-electron chi connectivity index (χ0n) is 17.2. The van der Waals surface area contributed by atoms with Crippen molar-refractivity contribution >= 4 is 41.6 Å². The molecule has 3 rings (SSSR count). The molecule has 2 aromatic rings. The summed E-state index contributed by atoms with van der Waals surface area (Å²) >= 11 is 0. The van der Waals surface area contributed by atoms with E-state index in [-0.39, 0.29) is 29.8 Å². The second kappa shape index (κ2) is 11.1. The van der Waals surface area contributed by atoms with Gasteiger partial charge in [-0.25, -0.2) is 19.4 Å². The summed E-state index contributed by atoms with van der Waals surface area (Å²) in [5.41, 5.74) is 1.44. The van der Waals surface area contributed by atoms with E-state index in [9.17, 15) is 4.39 Å². The molecule has 29 heavy (non-hydrogen) atoms. The molecule has 158 valence electrons. The molecule has 2 heterocycles. The second-order valence-electron chi connectivity index (χ2n) is 6.87. The molecule has 1 N–H and O–H groups in total. The number of aromatic nitrogens is 2. The van der Waals surface area contributed by atoms with Gasteiger partial charge in [-0.3, -0.25) is 0 Å². The van der Waals surface area contributed by atoms with E-state index in [1.165, 1.54) is 0 Å².